The van der Waals surface area contributed by atoms with E-state index in [0.29, 0.717) is 24.6 Å². The highest BCUT2D eigenvalue weighted by molar-refractivity contribution is 5.94. The normalized spacial score (nSPS) is 14.1. The summed E-state index contributed by atoms with van der Waals surface area (Å²) >= 11 is 0. The molecule has 1 heterocycles. The smallest absolute Gasteiger partial charge is 0.408 e. The van der Waals surface area contributed by atoms with Crippen LogP contribution in [0.15, 0.2) is 78.9 Å². The summed E-state index contributed by atoms with van der Waals surface area (Å²) in [6, 6.07) is 26.1. The lowest BCUT2D eigenvalue weighted by atomic mass is 9.96. The van der Waals surface area contributed by atoms with Gasteiger partial charge in [0.2, 0.25) is 5.91 Å². The van der Waals surface area contributed by atoms with Crippen LogP contribution in [-0.4, -0.2) is 66.5 Å². The average Bonchev–Trinajstić information content (AvgIpc) is 2.99. The molecule has 1 aliphatic heterocycles. The van der Waals surface area contributed by atoms with Crippen molar-refractivity contribution in [2.45, 2.75) is 52.3 Å². The van der Waals surface area contributed by atoms with E-state index < -0.39 is 11.7 Å². The number of rotatable bonds is 10. The van der Waals surface area contributed by atoms with Gasteiger partial charge in [-0.1, -0.05) is 60.7 Å². The highest BCUT2D eigenvalue weighted by atomic mass is 16.6. The van der Waals surface area contributed by atoms with Crippen LogP contribution in [0.25, 0.3) is 11.1 Å². The van der Waals surface area contributed by atoms with Crippen LogP contribution in [0.5, 0.6) is 0 Å². The molecule has 0 unspecified atom stereocenters. The molecule has 3 amide bonds. The van der Waals surface area contributed by atoms with Crippen LogP contribution in [0.2, 0.25) is 0 Å². The van der Waals surface area contributed by atoms with Crippen molar-refractivity contribution < 1.29 is 19.1 Å². The standard InChI is InChI=1S/C35H44N4O4/c1-35(2,3)43-34(42)37-23-32(40)38(4)24-28-11-8-12-31(21-28)29-13-15-30(16-14-29)33(41)36-22-26-17-19-39(20-18-26)25-27-9-6-5-7-10-27/h5-16,21,26H,17-20,22-25H2,1-4H3,(H,36,41)(H,37,42). The number of nitrogens with one attached hydrogen (secondary N) is 2. The monoisotopic (exact) mass is 584 g/mol. The molecule has 1 saturated heterocycles. The zero-order chi connectivity index (χ0) is 30.8. The SMILES string of the molecule is CN(Cc1cccc(-c2ccc(C(=O)NCC3CCN(Cc4ccccc4)CC3)cc2)c1)C(=O)CNC(=O)OC(C)(C)C. The molecule has 228 valence electrons. The van der Waals surface area contributed by atoms with Crippen LogP contribution >= 0.6 is 0 Å². The molecule has 0 bridgehead atoms. The van der Waals surface area contributed by atoms with E-state index in [1.165, 1.54) is 5.56 Å². The van der Waals surface area contributed by atoms with Crippen molar-refractivity contribution in [1.29, 1.82) is 0 Å². The second-order valence-electron chi connectivity index (χ2n) is 12.3. The minimum Gasteiger partial charge on any atom is -0.444 e. The molecule has 0 radical (unpaired) electrons. The van der Waals surface area contributed by atoms with Crippen molar-refractivity contribution in [2.75, 3.05) is 33.2 Å². The number of alkyl carbamates (subject to hydrolysis) is 1. The van der Waals surface area contributed by atoms with Gasteiger partial charge in [-0.3, -0.25) is 14.5 Å². The molecule has 1 aliphatic rings. The molecular formula is C35H44N4O4. The maximum Gasteiger partial charge on any atom is 0.408 e. The summed E-state index contributed by atoms with van der Waals surface area (Å²) in [4.78, 5) is 41.3. The van der Waals surface area contributed by atoms with E-state index in [9.17, 15) is 14.4 Å². The van der Waals surface area contributed by atoms with Gasteiger partial charge in [0.15, 0.2) is 0 Å². The fraction of sp³-hybridized carbons (Fsp3) is 0.400. The first-order valence-corrected chi connectivity index (χ1v) is 15.0. The molecule has 2 N–H and O–H groups in total. The van der Waals surface area contributed by atoms with Crippen molar-refractivity contribution in [3.8, 4) is 11.1 Å². The average molecular weight is 585 g/mol. The van der Waals surface area contributed by atoms with Gasteiger partial charge < -0.3 is 20.3 Å². The maximum absolute atomic E-state index is 12.9. The number of likely N-dealkylation sites (N-methyl/N-ethyl adjacent to an activating group) is 1. The van der Waals surface area contributed by atoms with Gasteiger partial charge in [-0.2, -0.15) is 0 Å². The molecule has 0 atom stereocenters. The Morgan fingerprint density at radius 1 is 0.860 bits per heavy atom. The van der Waals surface area contributed by atoms with E-state index in [-0.39, 0.29) is 18.4 Å². The molecule has 0 aliphatic carbocycles. The number of hydrogen-bond acceptors (Lipinski definition) is 5. The fourth-order valence-electron chi connectivity index (χ4n) is 5.15. The molecule has 4 rings (SSSR count). The Labute approximate surface area is 255 Å². The molecule has 0 spiro atoms. The van der Waals surface area contributed by atoms with E-state index in [0.717, 1.165) is 49.2 Å². The van der Waals surface area contributed by atoms with Gasteiger partial charge in [-0.25, -0.2) is 4.79 Å². The Hall–Kier alpha value is -4.17. The number of ether oxygens (including phenoxy) is 1. The number of piperidine rings is 1. The molecule has 43 heavy (non-hydrogen) atoms. The highest BCUT2D eigenvalue weighted by Gasteiger charge is 2.20. The molecule has 8 heteroatoms. The first-order chi connectivity index (χ1) is 20.6. The number of hydrogen-bond donors (Lipinski definition) is 2. The second-order valence-corrected chi connectivity index (χ2v) is 12.3. The first-order valence-electron chi connectivity index (χ1n) is 15.0. The van der Waals surface area contributed by atoms with Crippen LogP contribution in [0.3, 0.4) is 0 Å². The van der Waals surface area contributed by atoms with Crippen LogP contribution in [0, 0.1) is 5.92 Å². The second kappa shape index (κ2) is 14.8. The lowest BCUT2D eigenvalue weighted by molar-refractivity contribution is -0.129. The topological polar surface area (TPSA) is 91.0 Å². The Kier molecular flexibility index (Phi) is 11.0. The van der Waals surface area contributed by atoms with Crippen molar-refractivity contribution in [1.82, 2.24) is 20.4 Å². The van der Waals surface area contributed by atoms with E-state index in [2.05, 4.69) is 39.8 Å². The van der Waals surface area contributed by atoms with Gasteiger partial charge in [0.1, 0.15) is 12.1 Å². The summed E-state index contributed by atoms with van der Waals surface area (Å²) in [5.74, 6) is 0.229. The van der Waals surface area contributed by atoms with Crippen molar-refractivity contribution >= 4 is 17.9 Å². The van der Waals surface area contributed by atoms with E-state index in [1.807, 2.05) is 54.6 Å². The summed E-state index contributed by atoms with van der Waals surface area (Å²) in [6.07, 6.45) is 1.56. The molecule has 3 aromatic carbocycles. The van der Waals surface area contributed by atoms with Crippen LogP contribution < -0.4 is 10.6 Å². The largest absolute Gasteiger partial charge is 0.444 e. The zero-order valence-corrected chi connectivity index (χ0v) is 25.8. The molecule has 0 aromatic heterocycles. The number of carbonyl (C=O) groups excluding carboxylic acids is 3. The van der Waals surface area contributed by atoms with E-state index >= 15 is 0 Å². The lowest BCUT2D eigenvalue weighted by Gasteiger charge is -2.32. The minimum atomic E-state index is -0.623. The molecule has 0 saturated carbocycles. The van der Waals surface area contributed by atoms with Crippen LogP contribution in [-0.2, 0) is 22.6 Å². The third kappa shape index (κ3) is 10.3. The van der Waals surface area contributed by atoms with Crippen molar-refractivity contribution in [2.24, 2.45) is 5.92 Å². The Bertz CT molecular complexity index is 1360. The Morgan fingerprint density at radius 3 is 2.21 bits per heavy atom. The zero-order valence-electron chi connectivity index (χ0n) is 25.8. The predicted octanol–water partition coefficient (Wildman–Crippen LogP) is 5.48. The quantitative estimate of drug-likeness (QED) is 0.330. The molecule has 8 nitrogen and oxygen atoms in total. The predicted molar refractivity (Wildman–Crippen MR) is 169 cm³/mol. The van der Waals surface area contributed by atoms with Crippen molar-refractivity contribution in [3.05, 3.63) is 95.6 Å². The molecule has 1 fully saturated rings. The van der Waals surface area contributed by atoms with Gasteiger partial charge in [0.25, 0.3) is 5.91 Å². The van der Waals surface area contributed by atoms with Gasteiger partial charge in [0.05, 0.1) is 0 Å². The van der Waals surface area contributed by atoms with Gasteiger partial charge in [-0.05, 0) is 93.1 Å². The molecular weight excluding hydrogens is 540 g/mol. The summed E-state index contributed by atoms with van der Waals surface area (Å²) in [7, 11) is 1.70. The first kappa shape index (κ1) is 31.8. The molecule has 3 aromatic rings. The van der Waals surface area contributed by atoms with Crippen LogP contribution in [0.4, 0.5) is 4.79 Å². The lowest BCUT2D eigenvalue weighted by Crippen LogP contribution is -2.40. The van der Waals surface area contributed by atoms with Gasteiger partial charge >= 0.3 is 6.09 Å². The number of amides is 3. The Morgan fingerprint density at radius 2 is 1.53 bits per heavy atom. The summed E-state index contributed by atoms with van der Waals surface area (Å²) < 4.78 is 5.19. The Balaban J connectivity index is 1.22. The number of nitrogens with zero attached hydrogens (tertiary/aromatic N) is 2. The summed E-state index contributed by atoms with van der Waals surface area (Å²) in [5.41, 5.74) is 4.31. The van der Waals surface area contributed by atoms with Crippen LogP contribution in [0.1, 0.15) is 55.1 Å². The maximum atomic E-state index is 12.9. The number of carbonyl (C=O) groups is 3. The minimum absolute atomic E-state index is 0.0489. The summed E-state index contributed by atoms with van der Waals surface area (Å²) in [6.45, 7) is 9.36. The van der Waals surface area contributed by atoms with Gasteiger partial charge in [-0.15, -0.1) is 0 Å². The summed E-state index contributed by atoms with van der Waals surface area (Å²) in [5, 5.41) is 5.64. The third-order valence-electron chi connectivity index (χ3n) is 7.54. The van der Waals surface area contributed by atoms with Gasteiger partial charge in [0, 0.05) is 32.2 Å². The highest BCUT2D eigenvalue weighted by Crippen LogP contribution is 2.22. The number of likely N-dealkylation sites (tertiary alicyclic amines) is 1. The third-order valence-corrected chi connectivity index (χ3v) is 7.54. The fourth-order valence-corrected chi connectivity index (χ4v) is 5.15. The van der Waals surface area contributed by atoms with E-state index in [1.54, 1.807) is 32.7 Å². The van der Waals surface area contributed by atoms with E-state index in [4.69, 9.17) is 4.74 Å². The van der Waals surface area contributed by atoms with Crippen molar-refractivity contribution in [3.63, 3.8) is 0 Å². The number of benzene rings is 3.